The van der Waals surface area contributed by atoms with Gasteiger partial charge in [0, 0.05) is 43.1 Å². The van der Waals surface area contributed by atoms with Crippen molar-refractivity contribution < 1.29 is 0 Å². The fourth-order valence-corrected chi connectivity index (χ4v) is 11.6. The number of thiophene rings is 1. The van der Waals surface area contributed by atoms with Gasteiger partial charge in [-0.15, -0.1) is 11.3 Å². The van der Waals surface area contributed by atoms with E-state index in [0.29, 0.717) is 5.82 Å². The fourth-order valence-electron chi connectivity index (χ4n) is 10.5. The zero-order valence-corrected chi connectivity index (χ0v) is 36.8. The van der Waals surface area contributed by atoms with Crippen molar-refractivity contribution in [2.24, 2.45) is 0 Å². The fraction of sp³-hybridized carbons (Fsp3) is 0.0492. The molecular weight excluding hydrogens is 807 g/mol. The van der Waals surface area contributed by atoms with Gasteiger partial charge in [0.05, 0.1) is 26.9 Å². The van der Waals surface area contributed by atoms with E-state index in [1.807, 2.05) is 0 Å². The molecule has 0 atom stereocenters. The van der Waals surface area contributed by atoms with E-state index in [2.05, 4.69) is 231 Å². The van der Waals surface area contributed by atoms with Crippen molar-refractivity contribution in [3.8, 4) is 72.8 Å². The van der Waals surface area contributed by atoms with Gasteiger partial charge in [-0.1, -0.05) is 172 Å². The van der Waals surface area contributed by atoms with E-state index in [1.165, 1.54) is 71.0 Å². The van der Waals surface area contributed by atoms with Crippen molar-refractivity contribution in [3.63, 3.8) is 0 Å². The standard InChI is InChI=1S/C61H41N3S/c1-61(2)51-27-11-9-24-47(51)56-46(26-15-28-52(56)61)42-19-14-20-43(35-42)57-59-58(48-25-10-12-29-55(48)65-59)63-60(62-57)44-21-13-18-39(34-44)41-31-33-54-50(37-41)49-36-40(38-16-5-3-6-17-38)30-32-53(49)64(54)45-22-7-4-8-23-45/h3-37H,1-2H3. The summed E-state index contributed by atoms with van der Waals surface area (Å²) in [5.74, 6) is 0.717. The molecule has 1 aliphatic carbocycles. The molecule has 0 spiro atoms. The van der Waals surface area contributed by atoms with Crippen LogP contribution in [0.5, 0.6) is 0 Å². The van der Waals surface area contributed by atoms with E-state index < -0.39 is 0 Å². The lowest BCUT2D eigenvalue weighted by atomic mass is 9.82. The van der Waals surface area contributed by atoms with Crippen LogP contribution in [0.2, 0.25) is 0 Å². The van der Waals surface area contributed by atoms with Crippen LogP contribution in [0, 0.1) is 0 Å². The number of aromatic nitrogens is 3. The average Bonchev–Trinajstić information content (AvgIpc) is 3.99. The molecule has 4 heteroatoms. The maximum atomic E-state index is 5.50. The first-order chi connectivity index (χ1) is 32.0. The minimum Gasteiger partial charge on any atom is -0.309 e. The Morgan fingerprint density at radius 3 is 1.78 bits per heavy atom. The molecule has 0 unspecified atom stereocenters. The molecule has 0 saturated carbocycles. The minimum absolute atomic E-state index is 0.0719. The van der Waals surface area contributed by atoms with E-state index in [4.69, 9.17) is 9.97 Å². The number of fused-ring (bicyclic) bond motifs is 9. The van der Waals surface area contributed by atoms with Gasteiger partial charge in [0.2, 0.25) is 0 Å². The van der Waals surface area contributed by atoms with Crippen molar-refractivity contribution in [1.82, 2.24) is 14.5 Å². The van der Waals surface area contributed by atoms with Crippen molar-refractivity contribution in [2.45, 2.75) is 19.3 Å². The van der Waals surface area contributed by atoms with Gasteiger partial charge < -0.3 is 4.57 Å². The molecule has 13 rings (SSSR count). The first-order valence-corrected chi connectivity index (χ1v) is 23.1. The second-order valence-corrected chi connectivity index (χ2v) is 18.8. The van der Waals surface area contributed by atoms with Crippen LogP contribution in [0.4, 0.5) is 0 Å². The number of para-hydroxylation sites is 1. The monoisotopic (exact) mass is 847 g/mol. The van der Waals surface area contributed by atoms with Crippen LogP contribution in [0.3, 0.4) is 0 Å². The summed E-state index contributed by atoms with van der Waals surface area (Å²) in [5.41, 5.74) is 19.9. The van der Waals surface area contributed by atoms with E-state index in [0.717, 1.165) is 49.2 Å². The van der Waals surface area contributed by atoms with Crippen molar-refractivity contribution in [2.75, 3.05) is 0 Å². The lowest BCUT2D eigenvalue weighted by Gasteiger charge is -2.21. The Bertz CT molecular complexity index is 3860. The summed E-state index contributed by atoms with van der Waals surface area (Å²) in [6.07, 6.45) is 0. The second-order valence-electron chi connectivity index (χ2n) is 17.7. The zero-order valence-electron chi connectivity index (χ0n) is 36.0. The predicted molar refractivity (Wildman–Crippen MR) is 274 cm³/mol. The molecule has 1 aliphatic rings. The van der Waals surface area contributed by atoms with Crippen molar-refractivity contribution >= 4 is 53.4 Å². The maximum absolute atomic E-state index is 5.50. The molecule has 3 aromatic heterocycles. The Morgan fingerprint density at radius 1 is 0.415 bits per heavy atom. The van der Waals surface area contributed by atoms with Crippen molar-refractivity contribution in [3.05, 3.63) is 223 Å². The minimum atomic E-state index is -0.0719. The van der Waals surface area contributed by atoms with E-state index in [-0.39, 0.29) is 5.41 Å². The van der Waals surface area contributed by atoms with Crippen LogP contribution in [0.1, 0.15) is 25.0 Å². The molecule has 0 fully saturated rings. The third-order valence-corrected chi connectivity index (χ3v) is 14.8. The third-order valence-electron chi connectivity index (χ3n) is 13.6. The normalized spacial score (nSPS) is 12.9. The molecule has 0 N–H and O–H groups in total. The molecule has 0 aliphatic heterocycles. The topological polar surface area (TPSA) is 30.7 Å². The van der Waals surface area contributed by atoms with Gasteiger partial charge in [0.1, 0.15) is 0 Å². The SMILES string of the molecule is CC1(C)c2ccccc2-c2c(-c3cccc(-c4nc(-c5cccc(-c6ccc7c(c6)c6cc(-c8ccccc8)ccc6n7-c6ccccc6)c5)nc5c4sc4ccccc45)c3)cccc21. The zero-order chi connectivity index (χ0) is 43.2. The highest BCUT2D eigenvalue weighted by Gasteiger charge is 2.36. The summed E-state index contributed by atoms with van der Waals surface area (Å²) in [7, 11) is 0. The number of hydrogen-bond acceptors (Lipinski definition) is 3. The molecule has 0 bridgehead atoms. The first kappa shape index (κ1) is 37.6. The summed E-state index contributed by atoms with van der Waals surface area (Å²) in [4.78, 5) is 10.9. The number of rotatable bonds is 6. The highest BCUT2D eigenvalue weighted by atomic mass is 32.1. The molecule has 3 heterocycles. The maximum Gasteiger partial charge on any atom is 0.160 e. The Balaban J connectivity index is 0.960. The van der Waals surface area contributed by atoms with Crippen LogP contribution in [-0.2, 0) is 5.41 Å². The third kappa shape index (κ3) is 5.95. The van der Waals surface area contributed by atoms with Gasteiger partial charge >= 0.3 is 0 Å². The lowest BCUT2D eigenvalue weighted by Crippen LogP contribution is -2.14. The summed E-state index contributed by atoms with van der Waals surface area (Å²) in [6, 6.07) is 77.1. The molecule has 0 radical (unpaired) electrons. The Labute approximate surface area is 381 Å². The van der Waals surface area contributed by atoms with Crippen LogP contribution in [0.15, 0.2) is 212 Å². The number of hydrogen-bond donors (Lipinski definition) is 0. The van der Waals surface area contributed by atoms with Crippen LogP contribution < -0.4 is 0 Å². The predicted octanol–water partition coefficient (Wildman–Crippen LogP) is 16.6. The molecule has 65 heavy (non-hydrogen) atoms. The molecule has 9 aromatic carbocycles. The number of nitrogens with zero attached hydrogens (tertiary/aromatic N) is 3. The summed E-state index contributed by atoms with van der Waals surface area (Å²) in [5, 5.41) is 3.59. The van der Waals surface area contributed by atoms with Gasteiger partial charge in [-0.25, -0.2) is 9.97 Å². The van der Waals surface area contributed by atoms with Gasteiger partial charge in [0.15, 0.2) is 5.82 Å². The quantitative estimate of drug-likeness (QED) is 0.167. The van der Waals surface area contributed by atoms with Gasteiger partial charge in [-0.3, -0.25) is 0 Å². The van der Waals surface area contributed by atoms with Crippen LogP contribution in [0.25, 0.3) is 115 Å². The largest absolute Gasteiger partial charge is 0.309 e. The van der Waals surface area contributed by atoms with Gasteiger partial charge in [-0.05, 0) is 110 Å². The molecule has 306 valence electrons. The first-order valence-electron chi connectivity index (χ1n) is 22.3. The summed E-state index contributed by atoms with van der Waals surface area (Å²) < 4.78 is 4.69. The van der Waals surface area contributed by atoms with Crippen LogP contribution in [-0.4, -0.2) is 14.5 Å². The number of benzene rings is 9. The van der Waals surface area contributed by atoms with E-state index >= 15 is 0 Å². The summed E-state index contributed by atoms with van der Waals surface area (Å²) in [6.45, 7) is 4.69. The highest BCUT2D eigenvalue weighted by Crippen LogP contribution is 2.52. The van der Waals surface area contributed by atoms with Crippen LogP contribution >= 0.6 is 11.3 Å². The molecule has 0 saturated heterocycles. The van der Waals surface area contributed by atoms with E-state index in [9.17, 15) is 0 Å². The average molecular weight is 848 g/mol. The smallest absolute Gasteiger partial charge is 0.160 e. The van der Waals surface area contributed by atoms with E-state index in [1.54, 1.807) is 11.3 Å². The second kappa shape index (κ2) is 14.6. The Kier molecular flexibility index (Phi) is 8.43. The Morgan fingerprint density at radius 2 is 0.985 bits per heavy atom. The Hall–Kier alpha value is -7.92. The highest BCUT2D eigenvalue weighted by molar-refractivity contribution is 7.26. The van der Waals surface area contributed by atoms with Gasteiger partial charge in [0.25, 0.3) is 0 Å². The summed E-state index contributed by atoms with van der Waals surface area (Å²) >= 11 is 1.77. The molecule has 12 aromatic rings. The molecular formula is C61H41N3S. The molecule has 3 nitrogen and oxygen atoms in total. The molecule has 0 amide bonds. The van der Waals surface area contributed by atoms with Gasteiger partial charge in [-0.2, -0.15) is 0 Å². The lowest BCUT2D eigenvalue weighted by molar-refractivity contribution is 0.660. The van der Waals surface area contributed by atoms with Crippen molar-refractivity contribution in [1.29, 1.82) is 0 Å².